The van der Waals surface area contributed by atoms with Crippen molar-refractivity contribution in [2.75, 3.05) is 16.8 Å². The molecule has 1 atom stereocenters. The molecule has 1 N–H and O–H groups in total. The van der Waals surface area contributed by atoms with E-state index in [9.17, 15) is 4.79 Å². The van der Waals surface area contributed by atoms with E-state index >= 15 is 0 Å². The minimum Gasteiger partial charge on any atom is -0.462 e. The topological polar surface area (TPSA) is 84.1 Å². The van der Waals surface area contributed by atoms with E-state index in [0.29, 0.717) is 23.8 Å². The van der Waals surface area contributed by atoms with E-state index in [1.165, 1.54) is 11.1 Å². The van der Waals surface area contributed by atoms with Gasteiger partial charge in [0.15, 0.2) is 17.5 Å². The summed E-state index contributed by atoms with van der Waals surface area (Å²) in [6.45, 7) is 6.32. The first-order valence-corrected chi connectivity index (χ1v) is 14.3. The van der Waals surface area contributed by atoms with Gasteiger partial charge in [-0.25, -0.2) is 19.5 Å². The van der Waals surface area contributed by atoms with Crippen LogP contribution in [0.2, 0.25) is 0 Å². The fourth-order valence-corrected chi connectivity index (χ4v) is 5.78. The van der Waals surface area contributed by atoms with Gasteiger partial charge in [0.1, 0.15) is 0 Å². The Hall–Kier alpha value is -5.50. The Morgan fingerprint density at radius 3 is 2.35 bits per heavy atom. The van der Waals surface area contributed by atoms with Crippen LogP contribution in [-0.2, 0) is 4.74 Å². The maximum Gasteiger partial charge on any atom is 0.338 e. The Morgan fingerprint density at radius 1 is 0.860 bits per heavy atom. The Kier molecular flexibility index (Phi) is 6.58. The number of carbonyl (C=O) groups is 1. The molecule has 0 aliphatic carbocycles. The number of rotatable bonds is 5. The fraction of sp³-hybridized carbons (Fsp3) is 0.143. The number of nitrogens with zero attached hydrogens (tertiary/aromatic N) is 5. The highest BCUT2D eigenvalue weighted by atomic mass is 16.5. The number of amidine groups is 2. The highest BCUT2D eigenvalue weighted by molar-refractivity contribution is 6.51. The molecule has 0 saturated carbocycles. The number of anilines is 2. The van der Waals surface area contributed by atoms with Gasteiger partial charge in [-0.3, -0.25) is 0 Å². The van der Waals surface area contributed by atoms with Crippen LogP contribution in [0.25, 0.3) is 5.69 Å². The van der Waals surface area contributed by atoms with Gasteiger partial charge in [0, 0.05) is 11.3 Å². The van der Waals surface area contributed by atoms with Crippen molar-refractivity contribution in [1.82, 2.24) is 9.78 Å². The summed E-state index contributed by atoms with van der Waals surface area (Å²) in [5.74, 6) is 1.71. The second-order valence-electron chi connectivity index (χ2n) is 10.5. The standard InChI is InChI=1S/C35H30N6O2/c1-4-43-35(42)24-18-20-25(21-19-24)36-32-34-38-33-30(23(3)39-41(33)26-13-6-5-7-14-26)31(27-15-9-8-12-22(27)2)40(34)29-17-11-10-16-28(29)37-32/h5-21,31H,4H2,1-3H3,(H,36,37)/t31-/m0/s1. The number of fused-ring (bicyclic) bond motifs is 4. The van der Waals surface area contributed by atoms with Gasteiger partial charge in [0.05, 0.1) is 41.0 Å². The van der Waals surface area contributed by atoms with Gasteiger partial charge in [0.2, 0.25) is 0 Å². The van der Waals surface area contributed by atoms with Crippen LogP contribution in [0.3, 0.4) is 0 Å². The summed E-state index contributed by atoms with van der Waals surface area (Å²) in [5, 5.41) is 8.51. The minimum atomic E-state index is -0.348. The molecule has 0 saturated heterocycles. The second kappa shape index (κ2) is 10.7. The van der Waals surface area contributed by atoms with Crippen molar-refractivity contribution in [3.8, 4) is 5.69 Å². The second-order valence-corrected chi connectivity index (χ2v) is 10.5. The van der Waals surface area contributed by atoms with E-state index in [4.69, 9.17) is 19.8 Å². The van der Waals surface area contributed by atoms with Crippen LogP contribution in [-0.4, -0.2) is 34.0 Å². The highest BCUT2D eigenvalue weighted by Crippen LogP contribution is 2.48. The van der Waals surface area contributed by atoms with Crippen molar-refractivity contribution < 1.29 is 9.53 Å². The normalized spacial score (nSPS) is 15.0. The van der Waals surface area contributed by atoms with Gasteiger partial charge in [-0.15, -0.1) is 0 Å². The van der Waals surface area contributed by atoms with Crippen LogP contribution in [0.15, 0.2) is 113 Å². The van der Waals surface area contributed by atoms with E-state index in [0.717, 1.165) is 39.8 Å². The molecule has 1 aromatic heterocycles. The number of aryl methyl sites for hydroxylation is 2. The minimum absolute atomic E-state index is 0.194. The van der Waals surface area contributed by atoms with Crippen LogP contribution in [0.1, 0.15) is 45.7 Å². The number of aliphatic imine (C=N–C) groups is 2. The molecule has 4 aromatic carbocycles. The van der Waals surface area contributed by atoms with Crippen LogP contribution in [0.5, 0.6) is 0 Å². The van der Waals surface area contributed by atoms with Crippen LogP contribution < -0.4 is 10.2 Å². The quantitative estimate of drug-likeness (QED) is 0.223. The van der Waals surface area contributed by atoms with Crippen LogP contribution >= 0.6 is 0 Å². The van der Waals surface area contributed by atoms with E-state index < -0.39 is 0 Å². The maximum absolute atomic E-state index is 12.2. The van der Waals surface area contributed by atoms with Crippen LogP contribution in [0.4, 0.5) is 22.9 Å². The van der Waals surface area contributed by atoms with Gasteiger partial charge in [-0.05, 0) is 80.4 Å². The molecule has 43 heavy (non-hydrogen) atoms. The lowest BCUT2D eigenvalue weighted by molar-refractivity contribution is 0.0526. The third-order valence-corrected chi connectivity index (χ3v) is 7.78. The number of benzene rings is 4. The van der Waals surface area contributed by atoms with E-state index in [2.05, 4.69) is 54.4 Å². The largest absolute Gasteiger partial charge is 0.462 e. The molecule has 8 heteroatoms. The average Bonchev–Trinajstić information content (AvgIpc) is 3.37. The first kappa shape index (κ1) is 26.4. The molecule has 5 aromatic rings. The zero-order valence-corrected chi connectivity index (χ0v) is 24.2. The molecule has 0 unspecified atom stereocenters. The summed E-state index contributed by atoms with van der Waals surface area (Å²) in [4.78, 5) is 24.9. The van der Waals surface area contributed by atoms with Crippen molar-refractivity contribution in [2.24, 2.45) is 9.98 Å². The molecule has 8 nitrogen and oxygen atoms in total. The lowest BCUT2D eigenvalue weighted by Gasteiger charge is -2.41. The molecule has 0 bridgehead atoms. The Balaban J connectivity index is 1.42. The third kappa shape index (κ3) is 4.57. The van der Waals surface area contributed by atoms with Gasteiger partial charge in [-0.1, -0.05) is 54.6 Å². The van der Waals surface area contributed by atoms with E-state index in [1.54, 1.807) is 19.1 Å². The lowest BCUT2D eigenvalue weighted by atomic mass is 9.90. The predicted octanol–water partition coefficient (Wildman–Crippen LogP) is 7.46. The van der Waals surface area contributed by atoms with Crippen LogP contribution in [0, 0.1) is 13.8 Å². The summed E-state index contributed by atoms with van der Waals surface area (Å²) in [6, 6.07) is 33.7. The number of nitrogens with one attached hydrogen (secondary N) is 1. The molecule has 0 spiro atoms. The number of ether oxygens (including phenoxy) is 1. The highest BCUT2D eigenvalue weighted by Gasteiger charge is 2.41. The fourth-order valence-electron chi connectivity index (χ4n) is 5.78. The summed E-state index contributed by atoms with van der Waals surface area (Å²) < 4.78 is 7.08. The number of para-hydroxylation sites is 3. The van der Waals surface area contributed by atoms with Gasteiger partial charge in [-0.2, -0.15) is 5.10 Å². The first-order valence-electron chi connectivity index (χ1n) is 14.3. The number of aromatic nitrogens is 2. The maximum atomic E-state index is 12.2. The summed E-state index contributed by atoms with van der Waals surface area (Å²) in [6.07, 6.45) is 0. The van der Waals surface area contributed by atoms with E-state index in [-0.39, 0.29) is 12.0 Å². The monoisotopic (exact) mass is 566 g/mol. The summed E-state index contributed by atoms with van der Waals surface area (Å²) in [7, 11) is 0. The molecular weight excluding hydrogens is 536 g/mol. The molecule has 212 valence electrons. The molecule has 3 heterocycles. The number of hydrogen-bond donors (Lipinski definition) is 1. The van der Waals surface area contributed by atoms with Gasteiger partial charge < -0.3 is 15.0 Å². The Morgan fingerprint density at radius 2 is 1.58 bits per heavy atom. The predicted molar refractivity (Wildman–Crippen MR) is 170 cm³/mol. The third-order valence-electron chi connectivity index (χ3n) is 7.78. The number of hydrogen-bond acceptors (Lipinski definition) is 7. The van der Waals surface area contributed by atoms with Gasteiger partial charge in [0.25, 0.3) is 0 Å². The van der Waals surface area contributed by atoms with Crippen molar-refractivity contribution >= 4 is 40.5 Å². The summed E-state index contributed by atoms with van der Waals surface area (Å²) in [5.41, 5.74) is 8.32. The molecule has 0 fully saturated rings. The molecule has 7 rings (SSSR count). The van der Waals surface area contributed by atoms with Crippen molar-refractivity contribution in [2.45, 2.75) is 26.8 Å². The lowest BCUT2D eigenvalue weighted by Crippen LogP contribution is -2.46. The van der Waals surface area contributed by atoms with E-state index in [1.807, 2.05) is 65.3 Å². The zero-order valence-electron chi connectivity index (χ0n) is 24.2. The van der Waals surface area contributed by atoms with Gasteiger partial charge >= 0.3 is 5.97 Å². The molecule has 2 aliphatic heterocycles. The Bertz CT molecular complexity index is 1910. The van der Waals surface area contributed by atoms with Crippen molar-refractivity contribution in [1.29, 1.82) is 0 Å². The smallest absolute Gasteiger partial charge is 0.338 e. The molecule has 0 radical (unpaired) electrons. The molecule has 2 aliphatic rings. The SMILES string of the molecule is CCOC(=O)c1ccc(NC2=Nc3ccccc3N3C2=Nc2c(c(C)nn2-c2ccccc2)[C@@H]3c2ccccc2C)cc1. The molecule has 0 amide bonds. The van der Waals surface area contributed by atoms with Crippen molar-refractivity contribution in [3.63, 3.8) is 0 Å². The molecular formula is C35H30N6O2. The Labute approximate surface area is 250 Å². The number of carbonyl (C=O) groups excluding carboxylic acids is 1. The number of esters is 1. The van der Waals surface area contributed by atoms with Crippen molar-refractivity contribution in [3.05, 3.63) is 131 Å². The zero-order chi connectivity index (χ0) is 29.5. The average molecular weight is 567 g/mol. The summed E-state index contributed by atoms with van der Waals surface area (Å²) >= 11 is 0. The first-order chi connectivity index (χ1) is 21.0.